The molecule has 0 saturated heterocycles. The highest BCUT2D eigenvalue weighted by atomic mass is 79.9. The first-order valence-electron chi connectivity index (χ1n) is 9.48. The van der Waals surface area contributed by atoms with Gasteiger partial charge in [-0.05, 0) is 92.2 Å². The topological polar surface area (TPSA) is 61.8 Å². The zero-order valence-corrected chi connectivity index (χ0v) is 20.1. The minimum absolute atomic E-state index is 0.229. The number of ether oxygens (including phenoxy) is 3. The lowest BCUT2D eigenvalue weighted by Crippen LogP contribution is -2.34. The van der Waals surface area contributed by atoms with E-state index < -0.39 is 11.9 Å². The maximum atomic E-state index is 13.0. The molecule has 2 aromatic rings. The molecule has 2 atom stereocenters. The van der Waals surface area contributed by atoms with Crippen LogP contribution in [0.4, 0.5) is 0 Å². The second-order valence-electron chi connectivity index (χ2n) is 6.86. The van der Waals surface area contributed by atoms with E-state index in [2.05, 4.69) is 31.9 Å². The molecule has 158 valence electrons. The van der Waals surface area contributed by atoms with E-state index in [9.17, 15) is 9.59 Å². The fourth-order valence-corrected chi connectivity index (χ4v) is 5.20. The molecule has 2 aromatic carbocycles. The van der Waals surface area contributed by atoms with E-state index in [1.807, 2.05) is 36.4 Å². The third-order valence-electron chi connectivity index (χ3n) is 5.12. The van der Waals surface area contributed by atoms with Crippen LogP contribution in [-0.4, -0.2) is 32.6 Å². The number of hydrogen-bond donors (Lipinski definition) is 0. The Balaban J connectivity index is 2.04. The normalized spacial score (nSPS) is 18.6. The van der Waals surface area contributed by atoms with E-state index in [1.54, 1.807) is 27.2 Å². The fraction of sp³-hybridized carbons (Fsp3) is 0.304. The number of esters is 1. The Kier molecular flexibility index (Phi) is 7.36. The van der Waals surface area contributed by atoms with Crippen LogP contribution in [0.5, 0.6) is 11.5 Å². The molecule has 0 aromatic heterocycles. The van der Waals surface area contributed by atoms with Gasteiger partial charge < -0.3 is 14.2 Å². The Morgan fingerprint density at radius 3 is 2.23 bits per heavy atom. The number of allylic oxidation sites excluding steroid dienone is 2. The van der Waals surface area contributed by atoms with Crippen molar-refractivity contribution in [3.05, 3.63) is 62.5 Å². The second kappa shape index (κ2) is 9.79. The summed E-state index contributed by atoms with van der Waals surface area (Å²) in [5, 5.41) is 0. The van der Waals surface area contributed by atoms with E-state index in [-0.39, 0.29) is 18.3 Å². The maximum absolute atomic E-state index is 13.0. The third kappa shape index (κ3) is 4.62. The maximum Gasteiger partial charge on any atom is 0.317 e. The first-order valence-corrected chi connectivity index (χ1v) is 11.1. The third-order valence-corrected chi connectivity index (χ3v) is 6.30. The Labute approximate surface area is 192 Å². The van der Waals surface area contributed by atoms with Crippen LogP contribution < -0.4 is 9.47 Å². The molecule has 0 spiro atoms. The summed E-state index contributed by atoms with van der Waals surface area (Å²) in [7, 11) is 3.19. The van der Waals surface area contributed by atoms with Crippen molar-refractivity contribution in [2.45, 2.75) is 19.3 Å². The van der Waals surface area contributed by atoms with Crippen molar-refractivity contribution >= 4 is 49.2 Å². The van der Waals surface area contributed by atoms with E-state index in [4.69, 9.17) is 14.2 Å². The van der Waals surface area contributed by atoms with Crippen molar-refractivity contribution in [1.29, 1.82) is 0 Å². The van der Waals surface area contributed by atoms with Crippen LogP contribution in [0.25, 0.3) is 5.57 Å². The highest BCUT2D eigenvalue weighted by molar-refractivity contribution is 9.11. The quantitative estimate of drug-likeness (QED) is 0.357. The summed E-state index contributed by atoms with van der Waals surface area (Å²) in [5.74, 6) is -0.548. The van der Waals surface area contributed by atoms with Gasteiger partial charge in [-0.15, -0.1) is 0 Å². The van der Waals surface area contributed by atoms with Gasteiger partial charge in [-0.1, -0.05) is 12.1 Å². The van der Waals surface area contributed by atoms with Crippen LogP contribution in [0.3, 0.4) is 0 Å². The first-order chi connectivity index (χ1) is 14.4. The van der Waals surface area contributed by atoms with Gasteiger partial charge in [0.2, 0.25) is 0 Å². The molecule has 30 heavy (non-hydrogen) atoms. The smallest absolute Gasteiger partial charge is 0.317 e. The Bertz CT molecular complexity index is 959. The molecule has 0 N–H and O–H groups in total. The lowest BCUT2D eigenvalue weighted by atomic mass is 9.73. The molecule has 5 nitrogen and oxygen atoms in total. The zero-order chi connectivity index (χ0) is 21.8. The molecule has 0 aliphatic heterocycles. The van der Waals surface area contributed by atoms with Gasteiger partial charge in [0, 0.05) is 5.92 Å². The summed E-state index contributed by atoms with van der Waals surface area (Å²) < 4.78 is 17.4. The van der Waals surface area contributed by atoms with Gasteiger partial charge in [0.25, 0.3) is 0 Å². The molecule has 0 fully saturated rings. The summed E-state index contributed by atoms with van der Waals surface area (Å²) in [6.07, 6.45) is 2.08. The van der Waals surface area contributed by atoms with Gasteiger partial charge in [-0.25, -0.2) is 0 Å². The van der Waals surface area contributed by atoms with E-state index >= 15 is 0 Å². The SMILES string of the molecule is CCOC(=O)C1C(=O)C=C(c2cc(Br)c(OC)c(Br)c2)CC1c1ccc(OC)cc1. The predicted octanol–water partition coefficient (Wildman–Crippen LogP) is 5.55. The highest BCUT2D eigenvalue weighted by Crippen LogP contribution is 2.43. The summed E-state index contributed by atoms with van der Waals surface area (Å²) in [6, 6.07) is 11.3. The summed E-state index contributed by atoms with van der Waals surface area (Å²) in [4.78, 5) is 25.7. The van der Waals surface area contributed by atoms with Crippen molar-refractivity contribution < 1.29 is 23.8 Å². The number of rotatable bonds is 6. The monoisotopic (exact) mass is 536 g/mol. The van der Waals surface area contributed by atoms with Crippen LogP contribution in [0, 0.1) is 5.92 Å². The summed E-state index contributed by atoms with van der Waals surface area (Å²) >= 11 is 7.03. The predicted molar refractivity (Wildman–Crippen MR) is 122 cm³/mol. The van der Waals surface area contributed by atoms with Gasteiger partial charge in [0.1, 0.15) is 17.4 Å². The number of carbonyl (C=O) groups excluding carboxylic acids is 2. The van der Waals surface area contributed by atoms with Crippen LogP contribution in [0.2, 0.25) is 0 Å². The minimum atomic E-state index is -0.868. The van der Waals surface area contributed by atoms with Crippen molar-refractivity contribution in [1.82, 2.24) is 0 Å². The largest absolute Gasteiger partial charge is 0.497 e. The van der Waals surface area contributed by atoms with Crippen LogP contribution in [-0.2, 0) is 14.3 Å². The number of halogens is 2. The van der Waals surface area contributed by atoms with Crippen LogP contribution in [0.15, 0.2) is 51.4 Å². The number of methoxy groups -OCH3 is 2. The summed E-state index contributed by atoms with van der Waals surface area (Å²) in [5.41, 5.74) is 2.62. The molecule has 1 aliphatic carbocycles. The van der Waals surface area contributed by atoms with E-state index in [0.29, 0.717) is 17.9 Å². The van der Waals surface area contributed by atoms with E-state index in [1.165, 1.54) is 0 Å². The zero-order valence-electron chi connectivity index (χ0n) is 16.9. The number of benzene rings is 2. The van der Waals surface area contributed by atoms with Gasteiger partial charge in [-0.3, -0.25) is 9.59 Å². The van der Waals surface area contributed by atoms with Crippen molar-refractivity contribution in [3.8, 4) is 11.5 Å². The van der Waals surface area contributed by atoms with Crippen molar-refractivity contribution in [2.75, 3.05) is 20.8 Å². The first kappa shape index (κ1) is 22.6. The van der Waals surface area contributed by atoms with Crippen LogP contribution >= 0.6 is 31.9 Å². The lowest BCUT2D eigenvalue weighted by molar-refractivity contribution is -0.151. The molecular formula is C23H22Br2O5. The molecule has 0 radical (unpaired) electrons. The highest BCUT2D eigenvalue weighted by Gasteiger charge is 2.39. The van der Waals surface area contributed by atoms with Gasteiger partial charge >= 0.3 is 5.97 Å². The average molecular weight is 538 g/mol. The molecule has 3 rings (SSSR count). The lowest BCUT2D eigenvalue weighted by Gasteiger charge is -2.29. The molecule has 7 heteroatoms. The standard InChI is InChI=1S/C23H22Br2O5/c1-4-30-23(27)21-17(13-5-7-16(28-2)8-6-13)9-14(12-20(21)26)15-10-18(24)22(29-3)19(25)11-15/h5-8,10-12,17,21H,4,9H2,1-3H3. The van der Waals surface area contributed by atoms with E-state index in [0.717, 1.165) is 25.6 Å². The fourth-order valence-electron chi connectivity index (χ4n) is 3.69. The van der Waals surface area contributed by atoms with Crippen molar-refractivity contribution in [2.24, 2.45) is 5.92 Å². The molecule has 1 aliphatic rings. The molecule has 0 amide bonds. The van der Waals surface area contributed by atoms with Gasteiger partial charge in [0.05, 0.1) is 29.8 Å². The number of carbonyl (C=O) groups is 2. The van der Waals surface area contributed by atoms with Gasteiger partial charge in [0.15, 0.2) is 5.78 Å². The Hall–Kier alpha value is -2.12. The number of ketones is 1. The van der Waals surface area contributed by atoms with Crippen molar-refractivity contribution in [3.63, 3.8) is 0 Å². The minimum Gasteiger partial charge on any atom is -0.497 e. The molecule has 2 unspecified atom stereocenters. The van der Waals surface area contributed by atoms with Crippen LogP contribution in [0.1, 0.15) is 30.4 Å². The van der Waals surface area contributed by atoms with Gasteiger partial charge in [-0.2, -0.15) is 0 Å². The molecule has 0 saturated carbocycles. The molecule has 0 heterocycles. The second-order valence-corrected chi connectivity index (χ2v) is 8.57. The summed E-state index contributed by atoms with van der Waals surface area (Å²) in [6.45, 7) is 1.97. The average Bonchev–Trinajstić information content (AvgIpc) is 2.73. The molecular weight excluding hydrogens is 516 g/mol. The Morgan fingerprint density at radius 2 is 1.70 bits per heavy atom. The Morgan fingerprint density at radius 1 is 1.07 bits per heavy atom. The number of hydrogen-bond acceptors (Lipinski definition) is 5. The molecule has 0 bridgehead atoms.